The molecule has 422 valence electrons. The maximum atomic E-state index is 13.0. The number of nitrogens with one attached hydrogen (secondary N) is 1. The lowest BCUT2D eigenvalue weighted by Gasteiger charge is -2.30. The molecule has 2 N–H and O–H groups in total. The number of carbonyl (C=O) groups excluding carboxylic acids is 1. The third kappa shape index (κ3) is 56.5. The standard InChI is InChI=1S/C62H123N2O6P/c1-6-8-10-12-14-16-18-20-22-24-26-28-30-32-34-36-38-40-42-44-46-48-50-52-54-56-62(66)63-60(59-70-71(67,68)69-58-57-64(3,4)5)61(65)55-53-51-49-47-45-43-41-39-37-35-33-31-29-27-25-23-21-19-17-15-13-11-9-7-2/h26,28,32,34,60-61,65H,6-25,27,29-31,33,35-59H2,1-5H3,(H-,63,66,67,68)/b28-26-,34-32-. The predicted octanol–water partition coefficient (Wildman–Crippen LogP) is 18.5. The average molecular weight is 1020 g/mol. The SMILES string of the molecule is CCCCCCCCCCC/C=C\C/C=C\CCCCCCCCCCCC(=O)NC(COP(=O)([O-])OCC[N+](C)(C)C)C(O)CCCCCCCCCCCCCCCCCCCCCCCCCC. The number of hydrogen-bond donors (Lipinski definition) is 2. The Morgan fingerprint density at radius 2 is 0.817 bits per heavy atom. The van der Waals surface area contributed by atoms with Crippen LogP contribution < -0.4 is 10.2 Å². The summed E-state index contributed by atoms with van der Waals surface area (Å²) in [7, 11) is 1.31. The number of aliphatic hydroxyl groups excluding tert-OH is 1. The molecule has 0 rings (SSSR count). The van der Waals surface area contributed by atoms with Crippen LogP contribution in [0.15, 0.2) is 24.3 Å². The van der Waals surface area contributed by atoms with E-state index in [1.165, 1.54) is 244 Å². The topological polar surface area (TPSA) is 108 Å². The van der Waals surface area contributed by atoms with E-state index in [2.05, 4.69) is 43.5 Å². The lowest BCUT2D eigenvalue weighted by atomic mass is 10.0. The van der Waals surface area contributed by atoms with E-state index in [1.807, 2.05) is 21.1 Å². The second-order valence-corrected chi connectivity index (χ2v) is 24.2. The first-order valence-corrected chi connectivity index (χ1v) is 32.6. The van der Waals surface area contributed by atoms with E-state index in [0.29, 0.717) is 23.9 Å². The molecule has 9 heteroatoms. The van der Waals surface area contributed by atoms with Crippen molar-refractivity contribution in [3.05, 3.63) is 24.3 Å². The molecule has 0 aromatic heterocycles. The van der Waals surface area contributed by atoms with E-state index in [9.17, 15) is 19.4 Å². The van der Waals surface area contributed by atoms with Gasteiger partial charge < -0.3 is 28.8 Å². The van der Waals surface area contributed by atoms with Gasteiger partial charge in [0, 0.05) is 6.42 Å². The molecule has 0 spiro atoms. The Morgan fingerprint density at radius 1 is 0.493 bits per heavy atom. The van der Waals surface area contributed by atoms with Crippen LogP contribution >= 0.6 is 7.82 Å². The van der Waals surface area contributed by atoms with Crippen molar-refractivity contribution in [3.63, 3.8) is 0 Å². The molecule has 0 bridgehead atoms. The number of phosphoric acid groups is 1. The number of unbranched alkanes of at least 4 members (excludes halogenated alkanes) is 41. The number of nitrogens with zero attached hydrogens (tertiary/aromatic N) is 1. The van der Waals surface area contributed by atoms with Crippen molar-refractivity contribution in [2.75, 3.05) is 40.9 Å². The van der Waals surface area contributed by atoms with Crippen LogP contribution in [0, 0.1) is 0 Å². The predicted molar refractivity (Wildman–Crippen MR) is 307 cm³/mol. The van der Waals surface area contributed by atoms with Crippen LogP contribution in [0.3, 0.4) is 0 Å². The van der Waals surface area contributed by atoms with Crippen molar-refractivity contribution >= 4 is 13.7 Å². The fourth-order valence-electron chi connectivity index (χ4n) is 9.54. The monoisotopic (exact) mass is 1020 g/mol. The number of rotatable bonds is 58. The van der Waals surface area contributed by atoms with Gasteiger partial charge in [-0.2, -0.15) is 0 Å². The van der Waals surface area contributed by atoms with Gasteiger partial charge >= 0.3 is 0 Å². The van der Waals surface area contributed by atoms with Gasteiger partial charge in [-0.3, -0.25) is 9.36 Å². The quantitative estimate of drug-likeness (QED) is 0.0272. The summed E-state index contributed by atoms with van der Waals surface area (Å²) in [5.41, 5.74) is 0. The summed E-state index contributed by atoms with van der Waals surface area (Å²) in [6.07, 6.45) is 67.9. The van der Waals surface area contributed by atoms with E-state index in [4.69, 9.17) is 9.05 Å². The summed E-state index contributed by atoms with van der Waals surface area (Å²) in [4.78, 5) is 25.6. The molecule has 0 heterocycles. The first-order valence-electron chi connectivity index (χ1n) is 31.2. The summed E-state index contributed by atoms with van der Waals surface area (Å²) in [5.74, 6) is -0.164. The number of carbonyl (C=O) groups is 1. The summed E-state index contributed by atoms with van der Waals surface area (Å²) < 4.78 is 23.5. The van der Waals surface area contributed by atoms with Crippen molar-refractivity contribution in [1.29, 1.82) is 0 Å². The summed E-state index contributed by atoms with van der Waals surface area (Å²) in [6, 6.07) is -0.803. The molecule has 0 radical (unpaired) electrons. The molecule has 0 fully saturated rings. The van der Waals surface area contributed by atoms with Crippen LogP contribution in [0.25, 0.3) is 0 Å². The largest absolute Gasteiger partial charge is 0.756 e. The van der Waals surface area contributed by atoms with Gasteiger partial charge in [0.25, 0.3) is 7.82 Å². The molecular formula is C62H123N2O6P. The molecule has 0 saturated heterocycles. The zero-order chi connectivity index (χ0) is 52.0. The minimum absolute atomic E-state index is 0.0127. The Balaban J connectivity index is 4.12. The van der Waals surface area contributed by atoms with E-state index < -0.39 is 20.0 Å². The Labute approximate surface area is 443 Å². The average Bonchev–Trinajstić information content (AvgIpc) is 3.33. The van der Waals surface area contributed by atoms with Crippen molar-refractivity contribution < 1.29 is 32.9 Å². The first-order chi connectivity index (χ1) is 34.5. The summed E-state index contributed by atoms with van der Waals surface area (Å²) in [5, 5.41) is 14.1. The number of likely N-dealkylation sites (N-methyl/N-ethyl adjacent to an activating group) is 1. The Hall–Kier alpha value is -1.02. The van der Waals surface area contributed by atoms with Crippen molar-refractivity contribution in [2.45, 2.75) is 328 Å². The lowest BCUT2D eigenvalue weighted by Crippen LogP contribution is -2.46. The van der Waals surface area contributed by atoms with Crippen molar-refractivity contribution in [1.82, 2.24) is 5.32 Å². The zero-order valence-corrected chi connectivity index (χ0v) is 49.1. The molecule has 0 aliphatic heterocycles. The van der Waals surface area contributed by atoms with Crippen LogP contribution in [-0.2, 0) is 18.4 Å². The van der Waals surface area contributed by atoms with Crippen LogP contribution in [0.1, 0.15) is 316 Å². The van der Waals surface area contributed by atoms with E-state index in [-0.39, 0.29) is 19.1 Å². The minimum Gasteiger partial charge on any atom is -0.756 e. The molecule has 0 aromatic rings. The van der Waals surface area contributed by atoms with Crippen LogP contribution in [0.2, 0.25) is 0 Å². The van der Waals surface area contributed by atoms with Crippen LogP contribution in [0.5, 0.6) is 0 Å². The number of allylic oxidation sites excluding steroid dienone is 4. The fraction of sp³-hybridized carbons (Fsp3) is 0.919. The molecule has 1 amide bonds. The van der Waals surface area contributed by atoms with Gasteiger partial charge in [-0.25, -0.2) is 0 Å². The molecule has 71 heavy (non-hydrogen) atoms. The maximum absolute atomic E-state index is 13.0. The molecule has 3 atom stereocenters. The van der Waals surface area contributed by atoms with Gasteiger partial charge in [-0.15, -0.1) is 0 Å². The van der Waals surface area contributed by atoms with Gasteiger partial charge in [0.15, 0.2) is 0 Å². The molecular weight excluding hydrogens is 900 g/mol. The summed E-state index contributed by atoms with van der Waals surface area (Å²) in [6.45, 7) is 4.77. The minimum atomic E-state index is -4.58. The Morgan fingerprint density at radius 3 is 1.17 bits per heavy atom. The van der Waals surface area contributed by atoms with Gasteiger partial charge in [0.2, 0.25) is 5.91 Å². The van der Waals surface area contributed by atoms with E-state index >= 15 is 0 Å². The molecule has 8 nitrogen and oxygen atoms in total. The van der Waals surface area contributed by atoms with Crippen molar-refractivity contribution in [3.8, 4) is 0 Å². The van der Waals surface area contributed by atoms with Gasteiger partial charge in [0.05, 0.1) is 39.9 Å². The summed E-state index contributed by atoms with van der Waals surface area (Å²) >= 11 is 0. The lowest BCUT2D eigenvalue weighted by molar-refractivity contribution is -0.870. The van der Waals surface area contributed by atoms with Gasteiger partial charge in [0.1, 0.15) is 13.2 Å². The van der Waals surface area contributed by atoms with E-state index in [0.717, 1.165) is 44.9 Å². The zero-order valence-electron chi connectivity index (χ0n) is 48.2. The first kappa shape index (κ1) is 70.0. The highest BCUT2D eigenvalue weighted by Crippen LogP contribution is 2.38. The highest BCUT2D eigenvalue weighted by Gasteiger charge is 2.24. The molecule has 0 aliphatic rings. The Kier molecular flexibility index (Phi) is 53.0. The van der Waals surface area contributed by atoms with E-state index in [1.54, 1.807) is 0 Å². The van der Waals surface area contributed by atoms with Crippen molar-refractivity contribution in [2.24, 2.45) is 0 Å². The normalized spacial score (nSPS) is 14.0. The third-order valence-electron chi connectivity index (χ3n) is 14.4. The number of quaternary nitrogens is 1. The molecule has 0 aromatic carbocycles. The highest BCUT2D eigenvalue weighted by atomic mass is 31.2. The number of hydrogen-bond acceptors (Lipinski definition) is 6. The smallest absolute Gasteiger partial charge is 0.268 e. The number of phosphoric ester groups is 1. The Bertz CT molecular complexity index is 1210. The second-order valence-electron chi connectivity index (χ2n) is 22.8. The second kappa shape index (κ2) is 53.8. The molecule has 3 unspecified atom stereocenters. The highest BCUT2D eigenvalue weighted by molar-refractivity contribution is 7.45. The van der Waals surface area contributed by atoms with Gasteiger partial charge in [-0.05, 0) is 44.9 Å². The molecule has 0 saturated carbocycles. The fourth-order valence-corrected chi connectivity index (χ4v) is 10.3. The van der Waals surface area contributed by atoms with Crippen LogP contribution in [0.4, 0.5) is 0 Å². The van der Waals surface area contributed by atoms with Gasteiger partial charge in [-0.1, -0.05) is 289 Å². The van der Waals surface area contributed by atoms with Crippen LogP contribution in [-0.4, -0.2) is 68.5 Å². The third-order valence-corrected chi connectivity index (χ3v) is 15.4. The number of amides is 1. The maximum Gasteiger partial charge on any atom is 0.268 e. The number of aliphatic hydroxyl groups is 1. The molecule has 0 aliphatic carbocycles.